The quantitative estimate of drug-likeness (QED) is 0.326. The highest BCUT2D eigenvalue weighted by Gasteiger charge is 2.49. The normalized spacial score (nSPS) is 21.3. The fourth-order valence-corrected chi connectivity index (χ4v) is 7.75. The van der Waals surface area contributed by atoms with Gasteiger partial charge in [0.25, 0.3) is 0 Å². The van der Waals surface area contributed by atoms with Gasteiger partial charge in [0.1, 0.15) is 12.4 Å². The molecule has 2 saturated heterocycles. The van der Waals surface area contributed by atoms with Crippen LogP contribution in [0.5, 0.6) is 6.01 Å². The zero-order chi connectivity index (χ0) is 32.7. The van der Waals surface area contributed by atoms with Crippen LogP contribution in [0.25, 0.3) is 10.8 Å². The molecule has 3 fully saturated rings. The van der Waals surface area contributed by atoms with E-state index in [0.29, 0.717) is 44.4 Å². The van der Waals surface area contributed by atoms with Crippen molar-refractivity contribution in [1.82, 2.24) is 24.7 Å². The summed E-state index contributed by atoms with van der Waals surface area (Å²) in [5, 5.41) is 12.6. The van der Waals surface area contributed by atoms with Crippen molar-refractivity contribution in [1.29, 1.82) is 5.26 Å². The summed E-state index contributed by atoms with van der Waals surface area (Å²) < 4.78 is 6.53. The molecule has 3 aromatic rings. The summed E-state index contributed by atoms with van der Waals surface area (Å²) >= 11 is 6.75. The van der Waals surface area contributed by atoms with Crippen molar-refractivity contribution in [3.8, 4) is 12.1 Å². The SMILES string of the molecule is C=C(C)C(=O)N1CCN(c2nc(OCC3(N4CCN(C)CC4)CC3)nc3c2CCN(c2cccc4cccc(Cl)c24)C3)C[C@@H]1CC#N. The van der Waals surface area contributed by atoms with E-state index in [1.165, 1.54) is 0 Å². The number of ether oxygens (including phenoxy) is 1. The number of carbonyl (C=O) groups excluding carboxylic acids is 1. The number of hydrogen-bond donors (Lipinski definition) is 0. The van der Waals surface area contributed by atoms with Gasteiger partial charge >= 0.3 is 6.01 Å². The zero-order valence-corrected chi connectivity index (χ0v) is 28.2. The summed E-state index contributed by atoms with van der Waals surface area (Å²) in [6, 6.07) is 14.8. The van der Waals surface area contributed by atoms with E-state index in [1.807, 2.05) is 12.1 Å². The lowest BCUT2D eigenvalue weighted by atomic mass is 10.0. The van der Waals surface area contributed by atoms with Crippen LogP contribution in [0.15, 0.2) is 48.6 Å². The maximum atomic E-state index is 13.0. The van der Waals surface area contributed by atoms with Crippen molar-refractivity contribution >= 4 is 39.8 Å². The minimum Gasteiger partial charge on any atom is -0.461 e. The molecule has 2 aromatic carbocycles. The number of benzene rings is 2. The van der Waals surface area contributed by atoms with E-state index in [9.17, 15) is 10.1 Å². The molecular weight excluding hydrogens is 612 g/mol. The highest BCUT2D eigenvalue weighted by Crippen LogP contribution is 2.43. The van der Waals surface area contributed by atoms with Crippen molar-refractivity contribution in [3.05, 3.63) is 64.8 Å². The van der Waals surface area contributed by atoms with E-state index in [1.54, 1.807) is 11.8 Å². The van der Waals surface area contributed by atoms with Crippen molar-refractivity contribution in [2.75, 3.05) is 75.8 Å². The smallest absolute Gasteiger partial charge is 0.318 e. The van der Waals surface area contributed by atoms with Crippen LogP contribution >= 0.6 is 11.6 Å². The number of amides is 1. The molecule has 1 amide bonds. The van der Waals surface area contributed by atoms with Gasteiger partial charge in [-0.2, -0.15) is 15.2 Å². The number of rotatable bonds is 8. The van der Waals surface area contributed by atoms with Crippen LogP contribution in [0.3, 0.4) is 0 Å². The first-order chi connectivity index (χ1) is 22.8. The van der Waals surface area contributed by atoms with Gasteiger partial charge < -0.3 is 24.3 Å². The first-order valence-corrected chi connectivity index (χ1v) is 17.1. The second-order valence-corrected chi connectivity index (χ2v) is 14.0. The number of piperazine rings is 2. The molecular formula is C36H43ClN8O2. The van der Waals surface area contributed by atoms with Crippen molar-refractivity contribution in [2.24, 2.45) is 0 Å². The summed E-state index contributed by atoms with van der Waals surface area (Å²) in [5.41, 5.74) is 3.69. The Kier molecular flexibility index (Phi) is 8.73. The van der Waals surface area contributed by atoms with Gasteiger partial charge in [-0.3, -0.25) is 9.69 Å². The molecule has 3 aliphatic heterocycles. The van der Waals surface area contributed by atoms with E-state index in [4.69, 9.17) is 26.3 Å². The molecule has 1 saturated carbocycles. The third kappa shape index (κ3) is 6.24. The Bertz CT molecular complexity index is 1720. The van der Waals surface area contributed by atoms with Gasteiger partial charge in [-0.1, -0.05) is 42.4 Å². The Morgan fingerprint density at radius 2 is 1.83 bits per heavy atom. The molecule has 1 aromatic heterocycles. The molecule has 7 rings (SSSR count). The van der Waals surface area contributed by atoms with Crippen LogP contribution in [0, 0.1) is 11.3 Å². The molecule has 47 heavy (non-hydrogen) atoms. The average Bonchev–Trinajstić information content (AvgIpc) is 3.88. The molecule has 10 nitrogen and oxygen atoms in total. The summed E-state index contributed by atoms with van der Waals surface area (Å²) in [6.45, 7) is 13.4. The van der Waals surface area contributed by atoms with Crippen LogP contribution in [0.2, 0.25) is 5.02 Å². The lowest BCUT2D eigenvalue weighted by Gasteiger charge is -2.42. The number of fused-ring (bicyclic) bond motifs is 2. The fourth-order valence-electron chi connectivity index (χ4n) is 7.48. The number of nitriles is 1. The average molecular weight is 655 g/mol. The van der Waals surface area contributed by atoms with Gasteiger partial charge in [-0.05, 0) is 50.8 Å². The summed E-state index contributed by atoms with van der Waals surface area (Å²) in [6.07, 6.45) is 3.25. The van der Waals surface area contributed by atoms with Crippen LogP contribution < -0.4 is 14.5 Å². The van der Waals surface area contributed by atoms with Gasteiger partial charge in [0.05, 0.1) is 41.3 Å². The second kappa shape index (κ2) is 12.9. The van der Waals surface area contributed by atoms with Gasteiger partial charge in [-0.25, -0.2) is 0 Å². The van der Waals surface area contributed by atoms with Crippen LogP contribution in [-0.2, 0) is 17.8 Å². The Balaban J connectivity index is 1.20. The molecule has 11 heteroatoms. The third-order valence-corrected chi connectivity index (χ3v) is 10.7. The molecule has 0 spiro atoms. The summed E-state index contributed by atoms with van der Waals surface area (Å²) in [4.78, 5) is 34.5. The molecule has 1 aliphatic carbocycles. The Labute approximate surface area is 282 Å². The summed E-state index contributed by atoms with van der Waals surface area (Å²) in [7, 11) is 2.18. The van der Waals surface area contributed by atoms with Crippen molar-refractivity contribution in [3.63, 3.8) is 0 Å². The van der Waals surface area contributed by atoms with E-state index >= 15 is 0 Å². The lowest BCUT2D eigenvalue weighted by molar-refractivity contribution is -0.129. The largest absolute Gasteiger partial charge is 0.461 e. The number of aromatic nitrogens is 2. The second-order valence-electron chi connectivity index (χ2n) is 13.6. The fraction of sp³-hybridized carbons (Fsp3) is 0.500. The first-order valence-electron chi connectivity index (χ1n) is 16.7. The highest BCUT2D eigenvalue weighted by atomic mass is 35.5. The van der Waals surface area contributed by atoms with Crippen LogP contribution in [0.4, 0.5) is 11.5 Å². The monoisotopic (exact) mass is 654 g/mol. The molecule has 246 valence electrons. The minimum absolute atomic E-state index is 0.0544. The van der Waals surface area contributed by atoms with Gasteiger partial charge in [-0.15, -0.1) is 0 Å². The maximum absolute atomic E-state index is 13.0. The number of hydrogen-bond acceptors (Lipinski definition) is 9. The van der Waals surface area contributed by atoms with E-state index in [-0.39, 0.29) is 23.9 Å². The number of likely N-dealkylation sites (N-methyl/N-ethyl adjacent to an activating group) is 1. The Hall–Kier alpha value is -3.91. The Morgan fingerprint density at radius 1 is 1.06 bits per heavy atom. The van der Waals surface area contributed by atoms with Gasteiger partial charge in [0, 0.05) is 74.6 Å². The molecule has 1 atom stereocenters. The zero-order valence-electron chi connectivity index (χ0n) is 27.4. The van der Waals surface area contributed by atoms with Crippen molar-refractivity contribution in [2.45, 2.75) is 50.7 Å². The molecule has 4 heterocycles. The molecule has 0 bridgehead atoms. The molecule has 0 N–H and O–H groups in total. The number of halogens is 1. The van der Waals surface area contributed by atoms with Gasteiger partial charge in [0.15, 0.2) is 0 Å². The number of carbonyl (C=O) groups is 1. The van der Waals surface area contributed by atoms with Crippen LogP contribution in [0.1, 0.15) is 37.4 Å². The van der Waals surface area contributed by atoms with Crippen LogP contribution in [-0.4, -0.2) is 108 Å². The van der Waals surface area contributed by atoms with Crippen molar-refractivity contribution < 1.29 is 9.53 Å². The summed E-state index contributed by atoms with van der Waals surface area (Å²) in [5.74, 6) is 0.761. The van der Waals surface area contributed by atoms with Gasteiger partial charge in [0.2, 0.25) is 5.91 Å². The highest BCUT2D eigenvalue weighted by molar-refractivity contribution is 6.36. The molecule has 0 radical (unpaired) electrons. The van der Waals surface area contributed by atoms with E-state index in [2.05, 4.69) is 63.6 Å². The first kappa shape index (κ1) is 31.7. The lowest BCUT2D eigenvalue weighted by Crippen LogP contribution is -2.56. The predicted octanol–water partition coefficient (Wildman–Crippen LogP) is 4.51. The Morgan fingerprint density at radius 3 is 2.55 bits per heavy atom. The number of nitrogens with zero attached hydrogens (tertiary/aromatic N) is 8. The maximum Gasteiger partial charge on any atom is 0.318 e. The molecule has 0 unspecified atom stereocenters. The predicted molar refractivity (Wildman–Crippen MR) is 185 cm³/mol. The van der Waals surface area contributed by atoms with E-state index < -0.39 is 0 Å². The third-order valence-electron chi connectivity index (χ3n) is 10.4. The van der Waals surface area contributed by atoms with E-state index in [0.717, 1.165) is 90.5 Å². The minimum atomic E-state index is -0.252. The number of anilines is 2. The standard InChI is InChI=1S/C36H43ClN8O2/c1-25(2)34(46)45-21-18-43(22-27(45)10-14-38)33-28-11-15-42(31-9-5-7-26-6-4-8-29(37)32(26)31)23-30(28)39-35(40-33)47-24-36(12-13-36)44-19-16-41(3)17-20-44/h4-9,27H,1,10-13,15-24H2,2-3H3/t27-/m0/s1. The molecule has 4 aliphatic rings. The topological polar surface area (TPSA) is 92.1 Å².